The molecule has 0 unspecified atom stereocenters. The first-order valence-corrected chi connectivity index (χ1v) is 7.46. The number of benzene rings is 2. The zero-order chi connectivity index (χ0) is 16.0. The van der Waals surface area contributed by atoms with Gasteiger partial charge in [0.15, 0.2) is 0 Å². The van der Waals surface area contributed by atoms with Crippen molar-refractivity contribution in [3.63, 3.8) is 0 Å². The zero-order valence-corrected chi connectivity index (χ0v) is 12.6. The number of rotatable bonds is 7. The van der Waals surface area contributed by atoms with Gasteiger partial charge >= 0.3 is 6.11 Å². The lowest BCUT2D eigenvalue weighted by Crippen LogP contribution is -2.21. The van der Waals surface area contributed by atoms with Crippen LogP contribution in [0, 0.1) is 0 Å². The molecule has 2 aromatic carbocycles. The molecular formula is C18H20F2O2. The molecule has 0 radical (unpaired) electrons. The molecule has 0 aliphatic heterocycles. The molecular weight excluding hydrogens is 286 g/mol. The van der Waals surface area contributed by atoms with Crippen LogP contribution in [-0.4, -0.2) is 5.11 Å². The Bertz CT molecular complexity index is 577. The molecule has 0 bridgehead atoms. The Morgan fingerprint density at radius 3 is 2.18 bits per heavy atom. The van der Waals surface area contributed by atoms with Crippen molar-refractivity contribution in [3.8, 4) is 11.5 Å². The van der Waals surface area contributed by atoms with E-state index in [1.807, 2.05) is 0 Å². The standard InChI is InChI=1S/C18H20F2O2/c1-2-3-4-5-14-6-8-15(9-7-14)18(19,20)22-17-12-10-16(21)11-13-17/h6-13,21H,2-5H2,1H3. The summed E-state index contributed by atoms with van der Waals surface area (Å²) in [5.41, 5.74) is 0.873. The van der Waals surface area contributed by atoms with Gasteiger partial charge in [0.25, 0.3) is 0 Å². The SMILES string of the molecule is CCCCCc1ccc(C(F)(F)Oc2ccc(O)cc2)cc1. The van der Waals surface area contributed by atoms with Crippen LogP contribution in [0.25, 0.3) is 0 Å². The molecule has 0 heterocycles. The summed E-state index contributed by atoms with van der Waals surface area (Å²) < 4.78 is 32.9. The highest BCUT2D eigenvalue weighted by molar-refractivity contribution is 5.32. The Morgan fingerprint density at radius 1 is 0.955 bits per heavy atom. The third-order valence-electron chi connectivity index (χ3n) is 3.44. The number of hydrogen-bond acceptors (Lipinski definition) is 2. The number of phenolic OH excluding ortho intramolecular Hbond substituents is 1. The molecule has 2 nitrogen and oxygen atoms in total. The summed E-state index contributed by atoms with van der Waals surface area (Å²) in [6.07, 6.45) is 0.839. The summed E-state index contributed by atoms with van der Waals surface area (Å²) in [5.74, 6) is 0.0157. The van der Waals surface area contributed by atoms with Crippen molar-refractivity contribution in [3.05, 3.63) is 59.7 Å². The minimum absolute atomic E-state index is 0.00657. The fraction of sp³-hybridized carbons (Fsp3) is 0.333. The minimum atomic E-state index is -3.40. The molecule has 0 amide bonds. The van der Waals surface area contributed by atoms with Gasteiger partial charge in [-0.2, -0.15) is 8.78 Å². The molecule has 0 aliphatic carbocycles. The summed E-state index contributed by atoms with van der Waals surface area (Å²) in [6, 6.07) is 11.5. The predicted molar refractivity (Wildman–Crippen MR) is 82.3 cm³/mol. The molecule has 2 aromatic rings. The lowest BCUT2D eigenvalue weighted by atomic mass is 10.1. The van der Waals surface area contributed by atoms with Gasteiger partial charge in [0, 0.05) is 0 Å². The minimum Gasteiger partial charge on any atom is -0.508 e. The highest BCUT2D eigenvalue weighted by Crippen LogP contribution is 2.32. The largest absolute Gasteiger partial charge is 0.508 e. The Kier molecular flexibility index (Phi) is 5.36. The van der Waals surface area contributed by atoms with Gasteiger partial charge in [0.2, 0.25) is 0 Å². The lowest BCUT2D eigenvalue weighted by molar-refractivity contribution is -0.185. The molecule has 22 heavy (non-hydrogen) atoms. The quantitative estimate of drug-likeness (QED) is 0.708. The van der Waals surface area contributed by atoms with Crippen LogP contribution >= 0.6 is 0 Å². The van der Waals surface area contributed by atoms with Gasteiger partial charge < -0.3 is 9.84 Å². The second kappa shape index (κ2) is 7.25. The van der Waals surface area contributed by atoms with Crippen LogP contribution in [0.2, 0.25) is 0 Å². The number of unbranched alkanes of at least 4 members (excludes halogenated alkanes) is 2. The average molecular weight is 306 g/mol. The number of halogens is 2. The number of aryl methyl sites for hydroxylation is 1. The number of phenols is 1. The van der Waals surface area contributed by atoms with Gasteiger partial charge in [-0.3, -0.25) is 0 Å². The highest BCUT2D eigenvalue weighted by Gasteiger charge is 2.34. The zero-order valence-electron chi connectivity index (χ0n) is 12.6. The van der Waals surface area contributed by atoms with E-state index in [-0.39, 0.29) is 17.1 Å². The molecule has 0 saturated heterocycles. The second-order valence-corrected chi connectivity index (χ2v) is 5.27. The van der Waals surface area contributed by atoms with Gasteiger partial charge in [-0.05, 0) is 54.8 Å². The van der Waals surface area contributed by atoms with E-state index in [1.165, 1.54) is 36.4 Å². The van der Waals surface area contributed by atoms with Crippen molar-refractivity contribution in [2.45, 2.75) is 38.7 Å². The van der Waals surface area contributed by atoms with Crippen molar-refractivity contribution in [2.24, 2.45) is 0 Å². The van der Waals surface area contributed by atoms with E-state index < -0.39 is 6.11 Å². The number of alkyl halides is 2. The average Bonchev–Trinajstić information content (AvgIpc) is 2.50. The van der Waals surface area contributed by atoms with Gasteiger partial charge in [-0.1, -0.05) is 31.9 Å². The van der Waals surface area contributed by atoms with Crippen LogP contribution in [0.1, 0.15) is 37.3 Å². The number of ether oxygens (including phenoxy) is 1. The summed E-state index contributed by atoms with van der Waals surface area (Å²) in [7, 11) is 0. The van der Waals surface area contributed by atoms with Crippen LogP contribution in [0.15, 0.2) is 48.5 Å². The molecule has 0 atom stereocenters. The van der Waals surface area contributed by atoms with E-state index >= 15 is 0 Å². The highest BCUT2D eigenvalue weighted by atomic mass is 19.3. The van der Waals surface area contributed by atoms with Crippen LogP contribution in [0.5, 0.6) is 11.5 Å². The Morgan fingerprint density at radius 2 is 1.59 bits per heavy atom. The molecule has 0 fully saturated rings. The van der Waals surface area contributed by atoms with Gasteiger partial charge in [0.05, 0.1) is 5.56 Å². The molecule has 0 aliphatic rings. The second-order valence-electron chi connectivity index (χ2n) is 5.27. The third kappa shape index (κ3) is 4.45. The van der Waals surface area contributed by atoms with Crippen molar-refractivity contribution < 1.29 is 18.6 Å². The maximum Gasteiger partial charge on any atom is 0.426 e. The van der Waals surface area contributed by atoms with E-state index in [0.717, 1.165) is 31.2 Å². The number of aromatic hydroxyl groups is 1. The monoisotopic (exact) mass is 306 g/mol. The Labute approximate surface area is 129 Å². The normalized spacial score (nSPS) is 11.4. The van der Waals surface area contributed by atoms with Gasteiger partial charge in [0.1, 0.15) is 11.5 Å². The van der Waals surface area contributed by atoms with Gasteiger partial charge in [-0.25, -0.2) is 0 Å². The summed E-state index contributed by atoms with van der Waals surface area (Å²) in [4.78, 5) is 0. The first kappa shape index (κ1) is 16.3. The Hall–Kier alpha value is -2.10. The first-order chi connectivity index (χ1) is 10.5. The summed E-state index contributed by atoms with van der Waals surface area (Å²) in [5, 5.41) is 9.15. The number of hydrogen-bond donors (Lipinski definition) is 1. The summed E-state index contributed by atoms with van der Waals surface area (Å²) in [6.45, 7) is 2.13. The Balaban J connectivity index is 2.03. The third-order valence-corrected chi connectivity index (χ3v) is 3.44. The molecule has 118 valence electrons. The van der Waals surface area contributed by atoms with Crippen molar-refractivity contribution >= 4 is 0 Å². The van der Waals surface area contributed by atoms with E-state index in [2.05, 4.69) is 6.92 Å². The van der Waals surface area contributed by atoms with E-state index in [4.69, 9.17) is 9.84 Å². The molecule has 0 saturated carbocycles. The maximum absolute atomic E-state index is 14.1. The fourth-order valence-corrected chi connectivity index (χ4v) is 2.17. The van der Waals surface area contributed by atoms with E-state index in [0.29, 0.717) is 0 Å². The van der Waals surface area contributed by atoms with Crippen LogP contribution in [0.3, 0.4) is 0 Å². The molecule has 2 rings (SSSR count). The van der Waals surface area contributed by atoms with Crippen molar-refractivity contribution in [1.82, 2.24) is 0 Å². The molecule has 4 heteroatoms. The fourth-order valence-electron chi connectivity index (χ4n) is 2.17. The smallest absolute Gasteiger partial charge is 0.426 e. The first-order valence-electron chi connectivity index (χ1n) is 7.46. The van der Waals surface area contributed by atoms with Crippen molar-refractivity contribution in [2.75, 3.05) is 0 Å². The maximum atomic E-state index is 14.1. The van der Waals surface area contributed by atoms with Crippen molar-refractivity contribution in [1.29, 1.82) is 0 Å². The summed E-state index contributed by atoms with van der Waals surface area (Å²) >= 11 is 0. The van der Waals surface area contributed by atoms with E-state index in [9.17, 15) is 8.78 Å². The van der Waals surface area contributed by atoms with Gasteiger partial charge in [-0.15, -0.1) is 0 Å². The molecule has 0 spiro atoms. The molecule has 0 aromatic heterocycles. The van der Waals surface area contributed by atoms with Crippen LogP contribution < -0.4 is 4.74 Å². The topological polar surface area (TPSA) is 29.5 Å². The predicted octanol–water partition coefficient (Wildman–Crippen LogP) is 5.25. The lowest BCUT2D eigenvalue weighted by Gasteiger charge is -2.18. The van der Waals surface area contributed by atoms with Crippen LogP contribution in [0.4, 0.5) is 8.78 Å². The van der Waals surface area contributed by atoms with E-state index in [1.54, 1.807) is 12.1 Å². The van der Waals surface area contributed by atoms with Crippen LogP contribution in [-0.2, 0) is 12.5 Å². The molecule has 1 N–H and O–H groups in total.